The molecule has 0 aliphatic rings. The highest BCUT2D eigenvalue weighted by Gasteiger charge is 2.13. The standard InChI is InChI=1S/C16H14O4/c1-3-4-6-10(2)11-7-5-8-12-13(17)9-14(16(18)19)20-15(11)12/h3-9H,1-2H3,(H,18,19)/b4-3-,10-6+. The maximum atomic E-state index is 11.9. The van der Waals surface area contributed by atoms with Gasteiger partial charge in [-0.15, -0.1) is 0 Å². The number of rotatable bonds is 3. The normalized spacial score (nSPS) is 12.2. The lowest BCUT2D eigenvalue weighted by Crippen LogP contribution is -2.07. The van der Waals surface area contributed by atoms with Crippen LogP contribution in [0.5, 0.6) is 0 Å². The fraction of sp³-hybridized carbons (Fsp3) is 0.125. The first-order valence-electron chi connectivity index (χ1n) is 6.14. The van der Waals surface area contributed by atoms with Crippen molar-refractivity contribution in [1.82, 2.24) is 0 Å². The van der Waals surface area contributed by atoms with Crippen molar-refractivity contribution in [3.05, 3.63) is 64.0 Å². The zero-order valence-corrected chi connectivity index (χ0v) is 11.2. The smallest absolute Gasteiger partial charge is 0.371 e. The van der Waals surface area contributed by atoms with Crippen LogP contribution < -0.4 is 5.43 Å². The lowest BCUT2D eigenvalue weighted by molar-refractivity contribution is 0.0663. The number of allylic oxidation sites excluding steroid dienone is 4. The van der Waals surface area contributed by atoms with E-state index in [1.807, 2.05) is 32.1 Å². The molecule has 102 valence electrons. The molecule has 0 aliphatic carbocycles. The monoisotopic (exact) mass is 270 g/mol. The Hall–Kier alpha value is -2.62. The van der Waals surface area contributed by atoms with E-state index in [0.717, 1.165) is 11.6 Å². The van der Waals surface area contributed by atoms with Crippen molar-refractivity contribution in [3.63, 3.8) is 0 Å². The average molecular weight is 270 g/mol. The minimum Gasteiger partial charge on any atom is -0.475 e. The summed E-state index contributed by atoms with van der Waals surface area (Å²) in [6, 6.07) is 6.17. The first-order chi connectivity index (χ1) is 9.54. The predicted octanol–water partition coefficient (Wildman–Crippen LogP) is 3.47. The molecule has 0 amide bonds. The molecule has 2 aromatic rings. The Morgan fingerprint density at radius 1 is 1.35 bits per heavy atom. The number of para-hydroxylation sites is 1. The van der Waals surface area contributed by atoms with E-state index in [9.17, 15) is 9.59 Å². The van der Waals surface area contributed by atoms with Gasteiger partial charge in [0.05, 0.1) is 5.39 Å². The predicted molar refractivity (Wildman–Crippen MR) is 77.9 cm³/mol. The molecule has 1 aromatic carbocycles. The summed E-state index contributed by atoms with van der Waals surface area (Å²) >= 11 is 0. The molecule has 1 aromatic heterocycles. The zero-order valence-electron chi connectivity index (χ0n) is 11.2. The van der Waals surface area contributed by atoms with E-state index in [-0.39, 0.29) is 11.2 Å². The number of hydrogen-bond donors (Lipinski definition) is 1. The third kappa shape index (κ3) is 2.54. The van der Waals surface area contributed by atoms with Gasteiger partial charge in [-0.2, -0.15) is 0 Å². The van der Waals surface area contributed by atoms with E-state index in [2.05, 4.69) is 0 Å². The number of fused-ring (bicyclic) bond motifs is 1. The van der Waals surface area contributed by atoms with Crippen molar-refractivity contribution in [2.75, 3.05) is 0 Å². The fourth-order valence-electron chi connectivity index (χ4n) is 1.92. The second-order valence-electron chi connectivity index (χ2n) is 4.34. The molecule has 1 N–H and O–H groups in total. The Kier molecular flexibility index (Phi) is 3.84. The van der Waals surface area contributed by atoms with Crippen molar-refractivity contribution in [2.24, 2.45) is 0 Å². The SMILES string of the molecule is C/C=C\C=C(/C)c1cccc2c(=O)cc(C(=O)O)oc12. The van der Waals surface area contributed by atoms with Crippen LogP contribution >= 0.6 is 0 Å². The quantitative estimate of drug-likeness (QED) is 0.867. The van der Waals surface area contributed by atoms with E-state index in [0.29, 0.717) is 16.5 Å². The molecule has 0 unspecified atom stereocenters. The third-order valence-corrected chi connectivity index (χ3v) is 2.93. The van der Waals surface area contributed by atoms with Gasteiger partial charge in [0, 0.05) is 11.6 Å². The summed E-state index contributed by atoms with van der Waals surface area (Å²) in [5.74, 6) is -1.61. The van der Waals surface area contributed by atoms with Gasteiger partial charge in [0.25, 0.3) is 0 Å². The van der Waals surface area contributed by atoms with Crippen LogP contribution in [0.2, 0.25) is 0 Å². The third-order valence-electron chi connectivity index (χ3n) is 2.93. The summed E-state index contributed by atoms with van der Waals surface area (Å²) in [7, 11) is 0. The molecule has 0 aliphatic heterocycles. The molecule has 0 spiro atoms. The second-order valence-corrected chi connectivity index (χ2v) is 4.34. The van der Waals surface area contributed by atoms with Crippen LogP contribution in [0.1, 0.15) is 30.0 Å². The summed E-state index contributed by atoms with van der Waals surface area (Å²) in [4.78, 5) is 22.9. The largest absolute Gasteiger partial charge is 0.475 e. The Labute approximate surface area is 115 Å². The van der Waals surface area contributed by atoms with Gasteiger partial charge >= 0.3 is 5.97 Å². The van der Waals surface area contributed by atoms with Gasteiger partial charge in [0.15, 0.2) is 5.43 Å². The lowest BCUT2D eigenvalue weighted by atomic mass is 10.0. The van der Waals surface area contributed by atoms with Gasteiger partial charge < -0.3 is 9.52 Å². The van der Waals surface area contributed by atoms with Crippen molar-refractivity contribution in [3.8, 4) is 0 Å². The molecule has 0 fully saturated rings. The van der Waals surface area contributed by atoms with Gasteiger partial charge in [-0.05, 0) is 25.5 Å². The second kappa shape index (κ2) is 5.57. The highest BCUT2D eigenvalue weighted by atomic mass is 16.4. The van der Waals surface area contributed by atoms with Crippen LogP contribution in [0.15, 0.2) is 51.7 Å². The number of carboxylic acids is 1. The van der Waals surface area contributed by atoms with Gasteiger partial charge in [-0.25, -0.2) is 4.79 Å². The van der Waals surface area contributed by atoms with Gasteiger partial charge in [0.1, 0.15) is 5.58 Å². The van der Waals surface area contributed by atoms with Crippen molar-refractivity contribution in [2.45, 2.75) is 13.8 Å². The zero-order chi connectivity index (χ0) is 14.7. The van der Waals surface area contributed by atoms with Gasteiger partial charge in [-0.1, -0.05) is 30.4 Å². The molecular weight excluding hydrogens is 256 g/mol. The Morgan fingerprint density at radius 2 is 2.10 bits per heavy atom. The number of aromatic carboxylic acids is 1. The van der Waals surface area contributed by atoms with Crippen molar-refractivity contribution >= 4 is 22.5 Å². The molecule has 0 saturated carbocycles. The first kappa shape index (κ1) is 13.8. The molecule has 4 heteroatoms. The summed E-state index contributed by atoms with van der Waals surface area (Å²) in [5.41, 5.74) is 1.54. The first-order valence-corrected chi connectivity index (χ1v) is 6.14. The van der Waals surface area contributed by atoms with Crippen LogP contribution in [0, 0.1) is 0 Å². The van der Waals surface area contributed by atoms with Crippen molar-refractivity contribution in [1.29, 1.82) is 0 Å². The maximum Gasteiger partial charge on any atom is 0.371 e. The number of hydrogen-bond acceptors (Lipinski definition) is 3. The molecule has 20 heavy (non-hydrogen) atoms. The Balaban J connectivity index is 2.79. The van der Waals surface area contributed by atoms with E-state index in [1.54, 1.807) is 18.2 Å². The van der Waals surface area contributed by atoms with Gasteiger partial charge in [-0.3, -0.25) is 4.79 Å². The minimum absolute atomic E-state index is 0.302. The van der Waals surface area contributed by atoms with Gasteiger partial charge in [0.2, 0.25) is 5.76 Å². The molecule has 1 heterocycles. The summed E-state index contributed by atoms with van der Waals surface area (Å²) in [6.07, 6.45) is 5.63. The van der Waals surface area contributed by atoms with Crippen LogP contribution in [-0.4, -0.2) is 11.1 Å². The maximum absolute atomic E-state index is 11.9. The highest BCUT2D eigenvalue weighted by molar-refractivity contribution is 5.92. The molecule has 2 rings (SSSR count). The van der Waals surface area contributed by atoms with Crippen LogP contribution in [-0.2, 0) is 0 Å². The summed E-state index contributed by atoms with van der Waals surface area (Å²) in [5, 5.41) is 9.36. The summed E-state index contributed by atoms with van der Waals surface area (Å²) < 4.78 is 5.37. The topological polar surface area (TPSA) is 67.5 Å². The minimum atomic E-state index is -1.26. The van der Waals surface area contributed by atoms with Crippen LogP contribution in [0.3, 0.4) is 0 Å². The lowest BCUT2D eigenvalue weighted by Gasteiger charge is -2.06. The Bertz CT molecular complexity index is 779. The van der Waals surface area contributed by atoms with E-state index in [1.165, 1.54) is 0 Å². The fourth-order valence-corrected chi connectivity index (χ4v) is 1.92. The van der Waals surface area contributed by atoms with Crippen molar-refractivity contribution < 1.29 is 14.3 Å². The number of carboxylic acid groups (broad SMARTS) is 1. The van der Waals surface area contributed by atoms with E-state index < -0.39 is 5.97 Å². The molecule has 0 atom stereocenters. The number of carbonyl (C=O) groups is 1. The molecule has 4 nitrogen and oxygen atoms in total. The number of benzene rings is 1. The molecule has 0 radical (unpaired) electrons. The van der Waals surface area contributed by atoms with Crippen LogP contribution in [0.4, 0.5) is 0 Å². The van der Waals surface area contributed by atoms with Crippen LogP contribution in [0.25, 0.3) is 16.5 Å². The van der Waals surface area contributed by atoms with E-state index in [4.69, 9.17) is 9.52 Å². The average Bonchev–Trinajstić information content (AvgIpc) is 2.44. The molecule has 0 saturated heterocycles. The van der Waals surface area contributed by atoms with E-state index >= 15 is 0 Å². The molecular formula is C16H14O4. The highest BCUT2D eigenvalue weighted by Crippen LogP contribution is 2.24. The summed E-state index contributed by atoms with van der Waals surface area (Å²) in [6.45, 7) is 3.78. The Morgan fingerprint density at radius 3 is 2.75 bits per heavy atom. The molecule has 0 bridgehead atoms.